The van der Waals surface area contributed by atoms with Crippen LogP contribution < -0.4 is 11.1 Å². The Bertz CT molecular complexity index is 350. The van der Waals surface area contributed by atoms with Crippen molar-refractivity contribution in [2.75, 3.05) is 5.32 Å². The molecule has 0 heterocycles. The monoisotopic (exact) mass is 256 g/mol. The van der Waals surface area contributed by atoms with Gasteiger partial charge in [-0.15, -0.1) is 0 Å². The molecule has 76 valence electrons. The molecular weight excluding hydrogens is 244 g/mol. The van der Waals surface area contributed by atoms with Crippen LogP contribution in [0.2, 0.25) is 0 Å². The van der Waals surface area contributed by atoms with Crippen LogP contribution in [0.15, 0.2) is 28.7 Å². The maximum absolute atomic E-state index is 11.1. The van der Waals surface area contributed by atoms with Crippen molar-refractivity contribution in [2.45, 2.75) is 19.4 Å². The predicted molar refractivity (Wildman–Crippen MR) is 61.0 cm³/mol. The molecule has 0 unspecified atom stereocenters. The molecule has 0 aliphatic carbocycles. The molecule has 4 heteroatoms. The van der Waals surface area contributed by atoms with E-state index in [1.165, 1.54) is 0 Å². The standard InChI is InChI=1S/C10H13BrN2O/c1-10(2,9(12)14)13-8-6-4-3-5-7(8)11/h3-6,13H,1-2H3,(H2,12,14). The maximum atomic E-state index is 11.1. The van der Waals surface area contributed by atoms with Gasteiger partial charge in [-0.2, -0.15) is 0 Å². The third kappa shape index (κ3) is 2.48. The van der Waals surface area contributed by atoms with Gasteiger partial charge in [0.25, 0.3) is 0 Å². The SMILES string of the molecule is CC(C)(Nc1ccccc1Br)C(N)=O. The van der Waals surface area contributed by atoms with Crippen LogP contribution in [-0.2, 0) is 4.79 Å². The summed E-state index contributed by atoms with van der Waals surface area (Å²) >= 11 is 3.38. The molecule has 0 radical (unpaired) electrons. The molecule has 3 N–H and O–H groups in total. The van der Waals surface area contributed by atoms with Crippen LogP contribution in [0.4, 0.5) is 5.69 Å². The third-order valence-electron chi connectivity index (χ3n) is 1.94. The third-order valence-corrected chi connectivity index (χ3v) is 2.63. The highest BCUT2D eigenvalue weighted by atomic mass is 79.9. The highest BCUT2D eigenvalue weighted by Crippen LogP contribution is 2.24. The summed E-state index contributed by atoms with van der Waals surface area (Å²) in [5.74, 6) is -0.381. The van der Waals surface area contributed by atoms with Gasteiger partial charge in [-0.25, -0.2) is 0 Å². The first kappa shape index (κ1) is 11.0. The van der Waals surface area contributed by atoms with Gasteiger partial charge in [0.15, 0.2) is 0 Å². The van der Waals surface area contributed by atoms with Crippen molar-refractivity contribution in [3.8, 4) is 0 Å². The van der Waals surface area contributed by atoms with Crippen LogP contribution in [0.1, 0.15) is 13.8 Å². The summed E-state index contributed by atoms with van der Waals surface area (Å²) < 4.78 is 0.911. The van der Waals surface area contributed by atoms with E-state index >= 15 is 0 Å². The van der Waals surface area contributed by atoms with Gasteiger partial charge in [-0.05, 0) is 41.9 Å². The number of nitrogens with two attached hydrogens (primary N) is 1. The Balaban J connectivity index is 2.89. The normalized spacial score (nSPS) is 11.1. The average Bonchev–Trinajstić information content (AvgIpc) is 2.08. The van der Waals surface area contributed by atoms with E-state index in [9.17, 15) is 4.79 Å². The molecule has 0 bridgehead atoms. The Morgan fingerprint density at radius 1 is 1.43 bits per heavy atom. The number of benzene rings is 1. The molecule has 14 heavy (non-hydrogen) atoms. The van der Waals surface area contributed by atoms with Crippen molar-refractivity contribution in [3.63, 3.8) is 0 Å². The molecule has 0 aliphatic rings. The number of para-hydroxylation sites is 1. The van der Waals surface area contributed by atoms with E-state index in [1.807, 2.05) is 24.3 Å². The van der Waals surface area contributed by atoms with Gasteiger partial charge in [0.2, 0.25) is 5.91 Å². The van der Waals surface area contributed by atoms with Crippen molar-refractivity contribution in [1.29, 1.82) is 0 Å². The number of hydrogen-bond donors (Lipinski definition) is 2. The van der Waals surface area contributed by atoms with Gasteiger partial charge in [-0.3, -0.25) is 4.79 Å². The second kappa shape index (κ2) is 4.00. The average molecular weight is 257 g/mol. The Kier molecular flexibility index (Phi) is 3.16. The highest BCUT2D eigenvalue weighted by molar-refractivity contribution is 9.10. The lowest BCUT2D eigenvalue weighted by Crippen LogP contribution is -2.45. The molecule has 0 aromatic heterocycles. The van der Waals surface area contributed by atoms with Gasteiger partial charge in [-0.1, -0.05) is 12.1 Å². The maximum Gasteiger partial charge on any atom is 0.242 e. The summed E-state index contributed by atoms with van der Waals surface area (Å²) in [4.78, 5) is 11.1. The molecule has 1 aromatic carbocycles. The second-order valence-electron chi connectivity index (χ2n) is 3.59. The van der Waals surface area contributed by atoms with Crippen LogP contribution in [0.25, 0.3) is 0 Å². The topological polar surface area (TPSA) is 55.1 Å². The Morgan fingerprint density at radius 3 is 2.50 bits per heavy atom. The van der Waals surface area contributed by atoms with Gasteiger partial charge in [0.1, 0.15) is 5.54 Å². The largest absolute Gasteiger partial charge is 0.371 e. The number of amides is 1. The molecule has 1 amide bonds. The van der Waals surface area contributed by atoms with E-state index in [-0.39, 0.29) is 5.91 Å². The zero-order chi connectivity index (χ0) is 10.8. The highest BCUT2D eigenvalue weighted by Gasteiger charge is 2.24. The number of carbonyl (C=O) groups is 1. The molecule has 0 aliphatic heterocycles. The van der Waals surface area contributed by atoms with Crippen molar-refractivity contribution in [3.05, 3.63) is 28.7 Å². The number of nitrogens with one attached hydrogen (secondary N) is 1. The summed E-state index contributed by atoms with van der Waals surface area (Å²) in [6.45, 7) is 3.49. The van der Waals surface area contributed by atoms with Gasteiger partial charge >= 0.3 is 0 Å². The molecule has 0 saturated heterocycles. The first-order valence-corrected chi connectivity index (χ1v) is 5.05. The van der Waals surface area contributed by atoms with Crippen molar-refractivity contribution < 1.29 is 4.79 Å². The Labute approximate surface area is 91.8 Å². The molecule has 0 saturated carbocycles. The number of rotatable bonds is 3. The first-order valence-electron chi connectivity index (χ1n) is 4.26. The molecule has 1 aromatic rings. The fourth-order valence-electron chi connectivity index (χ4n) is 0.961. The van der Waals surface area contributed by atoms with E-state index < -0.39 is 5.54 Å². The van der Waals surface area contributed by atoms with E-state index in [0.717, 1.165) is 10.2 Å². The lowest BCUT2D eigenvalue weighted by atomic mass is 10.0. The Hall–Kier alpha value is -1.03. The summed E-state index contributed by atoms with van der Waals surface area (Å²) in [5, 5.41) is 3.06. The molecule has 0 spiro atoms. The fourth-order valence-corrected chi connectivity index (χ4v) is 1.34. The van der Waals surface area contributed by atoms with Crippen LogP contribution in [0.3, 0.4) is 0 Å². The van der Waals surface area contributed by atoms with Crippen LogP contribution in [-0.4, -0.2) is 11.4 Å². The van der Waals surface area contributed by atoms with Crippen molar-refractivity contribution in [2.24, 2.45) is 5.73 Å². The van der Waals surface area contributed by atoms with Crippen molar-refractivity contribution in [1.82, 2.24) is 0 Å². The summed E-state index contributed by atoms with van der Waals surface area (Å²) in [6, 6.07) is 7.59. The number of primary amides is 1. The zero-order valence-corrected chi connectivity index (χ0v) is 9.76. The summed E-state index contributed by atoms with van der Waals surface area (Å²) in [5.41, 5.74) is 5.36. The van der Waals surface area contributed by atoms with Gasteiger partial charge in [0.05, 0.1) is 0 Å². The van der Waals surface area contributed by atoms with E-state index in [1.54, 1.807) is 13.8 Å². The smallest absolute Gasteiger partial charge is 0.242 e. The first-order chi connectivity index (χ1) is 6.43. The lowest BCUT2D eigenvalue weighted by molar-refractivity contribution is -0.121. The minimum Gasteiger partial charge on any atom is -0.371 e. The number of carbonyl (C=O) groups excluding carboxylic acids is 1. The predicted octanol–water partition coefficient (Wildman–Crippen LogP) is 2.12. The molecule has 0 fully saturated rings. The molecule has 1 rings (SSSR count). The quantitative estimate of drug-likeness (QED) is 0.871. The molecule has 0 atom stereocenters. The van der Waals surface area contributed by atoms with E-state index in [2.05, 4.69) is 21.2 Å². The molecular formula is C10H13BrN2O. The Morgan fingerprint density at radius 2 is 2.00 bits per heavy atom. The minimum atomic E-state index is -0.746. The minimum absolute atomic E-state index is 0.381. The number of anilines is 1. The number of hydrogen-bond acceptors (Lipinski definition) is 2. The lowest BCUT2D eigenvalue weighted by Gasteiger charge is -2.24. The molecule has 3 nitrogen and oxygen atoms in total. The van der Waals surface area contributed by atoms with Crippen molar-refractivity contribution >= 4 is 27.5 Å². The second-order valence-corrected chi connectivity index (χ2v) is 4.45. The summed E-state index contributed by atoms with van der Waals surface area (Å²) in [6.07, 6.45) is 0. The van der Waals surface area contributed by atoms with E-state index in [0.29, 0.717) is 0 Å². The number of halogens is 1. The zero-order valence-electron chi connectivity index (χ0n) is 8.17. The van der Waals surface area contributed by atoms with Crippen LogP contribution in [0, 0.1) is 0 Å². The van der Waals surface area contributed by atoms with Crippen LogP contribution in [0.5, 0.6) is 0 Å². The van der Waals surface area contributed by atoms with Gasteiger partial charge < -0.3 is 11.1 Å². The van der Waals surface area contributed by atoms with Crippen LogP contribution >= 0.6 is 15.9 Å². The van der Waals surface area contributed by atoms with Gasteiger partial charge in [0, 0.05) is 10.2 Å². The fraction of sp³-hybridized carbons (Fsp3) is 0.300. The summed E-state index contributed by atoms with van der Waals surface area (Å²) in [7, 11) is 0. The van der Waals surface area contributed by atoms with E-state index in [4.69, 9.17) is 5.73 Å².